The fourth-order valence-electron chi connectivity index (χ4n) is 2.89. The standard InChI is InChI=1S/C15H24/c1-13-7-9-15(10-8-13)12-11-14-5-3-2-4-6-14/h13-15H,2-10H2,1H3. The van der Waals surface area contributed by atoms with Crippen molar-refractivity contribution in [2.45, 2.75) is 64.7 Å². The Morgan fingerprint density at radius 1 is 0.667 bits per heavy atom. The van der Waals surface area contributed by atoms with E-state index in [-0.39, 0.29) is 0 Å². The lowest BCUT2D eigenvalue weighted by molar-refractivity contribution is 0.337. The van der Waals surface area contributed by atoms with Crippen LogP contribution in [0.4, 0.5) is 0 Å². The molecule has 15 heavy (non-hydrogen) atoms. The lowest BCUT2D eigenvalue weighted by atomic mass is 9.82. The highest BCUT2D eigenvalue weighted by molar-refractivity contribution is 5.08. The molecule has 0 nitrogen and oxygen atoms in total. The summed E-state index contributed by atoms with van der Waals surface area (Å²) in [5, 5.41) is 0. The molecule has 2 aliphatic carbocycles. The van der Waals surface area contributed by atoms with Crippen LogP contribution in [0, 0.1) is 29.6 Å². The van der Waals surface area contributed by atoms with E-state index in [0.717, 1.165) is 17.8 Å². The molecule has 0 heteroatoms. The van der Waals surface area contributed by atoms with Gasteiger partial charge in [-0.3, -0.25) is 0 Å². The van der Waals surface area contributed by atoms with Crippen LogP contribution in [0.15, 0.2) is 0 Å². The van der Waals surface area contributed by atoms with Crippen molar-refractivity contribution >= 4 is 0 Å². The molecule has 2 aliphatic rings. The van der Waals surface area contributed by atoms with Crippen LogP contribution in [-0.2, 0) is 0 Å². The van der Waals surface area contributed by atoms with Gasteiger partial charge in [-0.25, -0.2) is 0 Å². The number of hydrogen-bond acceptors (Lipinski definition) is 0. The van der Waals surface area contributed by atoms with Gasteiger partial charge in [-0.1, -0.05) is 38.0 Å². The lowest BCUT2D eigenvalue weighted by Gasteiger charge is -2.22. The molecule has 0 aromatic carbocycles. The fraction of sp³-hybridized carbons (Fsp3) is 0.867. The highest BCUT2D eigenvalue weighted by atomic mass is 14.2. The molecule has 0 heterocycles. The van der Waals surface area contributed by atoms with Crippen LogP contribution in [0.3, 0.4) is 0 Å². The first-order valence-corrected chi connectivity index (χ1v) is 6.85. The molecule has 0 bridgehead atoms. The maximum absolute atomic E-state index is 3.56. The van der Waals surface area contributed by atoms with Gasteiger partial charge in [0.1, 0.15) is 0 Å². The van der Waals surface area contributed by atoms with Crippen LogP contribution in [0.1, 0.15) is 64.7 Å². The molecule has 0 saturated heterocycles. The Kier molecular flexibility index (Phi) is 4.12. The van der Waals surface area contributed by atoms with Crippen molar-refractivity contribution in [1.82, 2.24) is 0 Å². The second kappa shape index (κ2) is 5.59. The molecule has 84 valence electrons. The van der Waals surface area contributed by atoms with Crippen LogP contribution in [0.25, 0.3) is 0 Å². The summed E-state index contributed by atoms with van der Waals surface area (Å²) in [4.78, 5) is 0. The minimum Gasteiger partial charge on any atom is -0.0996 e. The van der Waals surface area contributed by atoms with Crippen molar-refractivity contribution in [3.63, 3.8) is 0 Å². The Hall–Kier alpha value is -0.440. The van der Waals surface area contributed by atoms with E-state index in [1.807, 2.05) is 0 Å². The van der Waals surface area contributed by atoms with Gasteiger partial charge in [-0.2, -0.15) is 0 Å². The summed E-state index contributed by atoms with van der Waals surface area (Å²) in [5.74, 6) is 9.56. The fourth-order valence-corrected chi connectivity index (χ4v) is 2.89. The molecule has 0 spiro atoms. The van der Waals surface area contributed by atoms with Crippen molar-refractivity contribution in [2.24, 2.45) is 17.8 Å². The third-order valence-electron chi connectivity index (χ3n) is 4.11. The van der Waals surface area contributed by atoms with E-state index in [1.54, 1.807) is 0 Å². The zero-order chi connectivity index (χ0) is 10.5. The maximum Gasteiger partial charge on any atom is 0.0203 e. The Balaban J connectivity index is 1.77. The third-order valence-corrected chi connectivity index (χ3v) is 4.11. The van der Waals surface area contributed by atoms with E-state index in [4.69, 9.17) is 0 Å². The van der Waals surface area contributed by atoms with E-state index in [2.05, 4.69) is 18.8 Å². The van der Waals surface area contributed by atoms with Gasteiger partial charge in [-0.15, -0.1) is 0 Å². The average molecular weight is 204 g/mol. The Morgan fingerprint density at radius 3 is 1.80 bits per heavy atom. The SMILES string of the molecule is CC1CCC(C#CC2CCCCC2)CC1. The predicted molar refractivity (Wildman–Crippen MR) is 65.5 cm³/mol. The topological polar surface area (TPSA) is 0 Å². The largest absolute Gasteiger partial charge is 0.0996 e. The first kappa shape index (κ1) is 11.1. The normalized spacial score (nSPS) is 33.1. The van der Waals surface area contributed by atoms with Crippen molar-refractivity contribution in [2.75, 3.05) is 0 Å². The average Bonchev–Trinajstić information content (AvgIpc) is 2.30. The van der Waals surface area contributed by atoms with Gasteiger partial charge in [-0.05, 0) is 44.4 Å². The summed E-state index contributed by atoms with van der Waals surface area (Å²) in [5.41, 5.74) is 0. The predicted octanol–water partition coefficient (Wildman–Crippen LogP) is 4.40. The smallest absolute Gasteiger partial charge is 0.0203 e. The monoisotopic (exact) mass is 204 g/mol. The van der Waals surface area contributed by atoms with Crippen LogP contribution in [0.2, 0.25) is 0 Å². The summed E-state index contributed by atoms with van der Waals surface area (Å²) in [7, 11) is 0. The Bertz CT molecular complexity index is 228. The molecule has 0 radical (unpaired) electrons. The Morgan fingerprint density at radius 2 is 1.20 bits per heavy atom. The molecule has 0 amide bonds. The zero-order valence-electron chi connectivity index (χ0n) is 10.1. The van der Waals surface area contributed by atoms with Crippen molar-refractivity contribution in [3.05, 3.63) is 0 Å². The maximum atomic E-state index is 3.56. The molecule has 0 aromatic rings. The molecule has 0 aliphatic heterocycles. The molecule has 2 fully saturated rings. The first-order chi connectivity index (χ1) is 7.34. The van der Waals surface area contributed by atoms with E-state index in [0.29, 0.717) is 0 Å². The second-order valence-corrected chi connectivity index (χ2v) is 5.58. The van der Waals surface area contributed by atoms with Gasteiger partial charge in [0.2, 0.25) is 0 Å². The molecular weight excluding hydrogens is 180 g/mol. The van der Waals surface area contributed by atoms with E-state index in [1.165, 1.54) is 57.8 Å². The molecule has 2 saturated carbocycles. The van der Waals surface area contributed by atoms with Crippen LogP contribution in [-0.4, -0.2) is 0 Å². The first-order valence-electron chi connectivity index (χ1n) is 6.85. The molecule has 0 unspecified atom stereocenters. The minimum absolute atomic E-state index is 0.739. The summed E-state index contributed by atoms with van der Waals surface area (Å²) in [6.45, 7) is 2.38. The van der Waals surface area contributed by atoms with Gasteiger partial charge in [0.25, 0.3) is 0 Å². The second-order valence-electron chi connectivity index (χ2n) is 5.58. The minimum atomic E-state index is 0.739. The van der Waals surface area contributed by atoms with Crippen molar-refractivity contribution < 1.29 is 0 Å². The van der Waals surface area contributed by atoms with Crippen LogP contribution >= 0.6 is 0 Å². The molecule has 0 N–H and O–H groups in total. The van der Waals surface area contributed by atoms with Gasteiger partial charge in [0.15, 0.2) is 0 Å². The van der Waals surface area contributed by atoms with Gasteiger partial charge < -0.3 is 0 Å². The molecule has 0 aromatic heterocycles. The highest BCUT2D eigenvalue weighted by Crippen LogP contribution is 2.28. The van der Waals surface area contributed by atoms with E-state index >= 15 is 0 Å². The quantitative estimate of drug-likeness (QED) is 0.513. The number of hydrogen-bond donors (Lipinski definition) is 0. The Labute approximate surface area is 94.8 Å². The van der Waals surface area contributed by atoms with Gasteiger partial charge >= 0.3 is 0 Å². The number of rotatable bonds is 0. The van der Waals surface area contributed by atoms with E-state index in [9.17, 15) is 0 Å². The summed E-state index contributed by atoms with van der Waals surface area (Å²) in [6.07, 6.45) is 12.6. The van der Waals surface area contributed by atoms with E-state index < -0.39 is 0 Å². The third kappa shape index (κ3) is 3.56. The van der Waals surface area contributed by atoms with Crippen molar-refractivity contribution in [1.29, 1.82) is 0 Å². The van der Waals surface area contributed by atoms with Crippen LogP contribution in [0.5, 0.6) is 0 Å². The molecule has 0 atom stereocenters. The lowest BCUT2D eigenvalue weighted by Crippen LogP contribution is -2.11. The molecular formula is C15H24. The summed E-state index contributed by atoms with van der Waals surface area (Å²) >= 11 is 0. The van der Waals surface area contributed by atoms with Gasteiger partial charge in [0, 0.05) is 11.8 Å². The van der Waals surface area contributed by atoms with Crippen molar-refractivity contribution in [3.8, 4) is 11.8 Å². The van der Waals surface area contributed by atoms with Gasteiger partial charge in [0.05, 0.1) is 0 Å². The molecule has 2 rings (SSSR count). The summed E-state index contributed by atoms with van der Waals surface area (Å²) in [6, 6.07) is 0. The van der Waals surface area contributed by atoms with Crippen LogP contribution < -0.4 is 0 Å². The zero-order valence-corrected chi connectivity index (χ0v) is 10.1. The highest BCUT2D eigenvalue weighted by Gasteiger charge is 2.16. The summed E-state index contributed by atoms with van der Waals surface area (Å²) < 4.78 is 0.